The molecule has 0 saturated heterocycles. The highest BCUT2D eigenvalue weighted by atomic mass is 35.5. The molecule has 0 saturated carbocycles. The fraction of sp³-hybridized carbons (Fsp3) is 0.411. The van der Waals surface area contributed by atoms with E-state index in [4.69, 9.17) is 37.8 Å². The third-order valence-electron chi connectivity index (χ3n) is 17.0. The molecule has 50 heteroatoms. The maximum absolute atomic E-state index is 12.7. The number of nitrogens with zero attached hydrogens (tertiary/aromatic N) is 11. The Bertz CT molecular complexity index is 5680. The molecule has 0 radical (unpaired) electrons. The van der Waals surface area contributed by atoms with Crippen LogP contribution in [0.15, 0.2) is 162 Å². The summed E-state index contributed by atoms with van der Waals surface area (Å²) in [7, 11) is 17.6. The number of rotatable bonds is 46. The molecule has 10 heterocycles. The van der Waals surface area contributed by atoms with Crippen molar-refractivity contribution >= 4 is 286 Å². The first-order chi connectivity index (χ1) is 66.6. The van der Waals surface area contributed by atoms with Crippen molar-refractivity contribution in [3.05, 3.63) is 195 Å². The van der Waals surface area contributed by atoms with Crippen LogP contribution in [0.25, 0.3) is 51.1 Å². The highest BCUT2D eigenvalue weighted by Crippen LogP contribution is 2.37. The molecule has 10 aromatic heterocycles. The molecule has 0 aliphatic heterocycles. The number of carbonyl (C=O) groups is 4. The van der Waals surface area contributed by atoms with Crippen LogP contribution >= 0.6 is 189 Å². The summed E-state index contributed by atoms with van der Waals surface area (Å²) < 4.78 is 133. The zero-order valence-corrected chi connectivity index (χ0v) is 90.5. The van der Waals surface area contributed by atoms with Crippen molar-refractivity contribution in [3.8, 4) is 12.0 Å². The van der Waals surface area contributed by atoms with Crippen molar-refractivity contribution in [2.24, 2.45) is 11.5 Å². The van der Waals surface area contributed by atoms with Gasteiger partial charge in [0.15, 0.2) is 0 Å². The van der Waals surface area contributed by atoms with Gasteiger partial charge in [0.05, 0.1) is 67.8 Å². The van der Waals surface area contributed by atoms with Crippen molar-refractivity contribution < 1.29 is 72.9 Å². The molecule has 0 aliphatic carbocycles. The second-order valence-corrected chi connectivity index (χ2v) is 48.8. The van der Waals surface area contributed by atoms with Gasteiger partial charge < -0.3 is 46.9 Å². The number of anilines is 4. The molecule has 0 spiro atoms. The molecule has 760 valence electrons. The highest BCUT2D eigenvalue weighted by molar-refractivity contribution is 8.77. The van der Waals surface area contributed by atoms with Crippen LogP contribution in [-0.4, -0.2) is 181 Å². The summed E-state index contributed by atoms with van der Waals surface area (Å²) in [4.78, 5) is 88.7. The van der Waals surface area contributed by atoms with E-state index in [1.165, 1.54) is 36.8 Å². The number of fused-ring (bicyclic) bond motifs is 5. The van der Waals surface area contributed by atoms with E-state index in [1.54, 1.807) is 180 Å². The van der Waals surface area contributed by atoms with E-state index in [-0.39, 0.29) is 65.7 Å². The smallest absolute Gasteiger partial charge is 0.416 e. The van der Waals surface area contributed by atoms with E-state index >= 15 is 0 Å². The van der Waals surface area contributed by atoms with Gasteiger partial charge in [-0.2, -0.15) is 39.5 Å². The lowest BCUT2D eigenvalue weighted by Gasteiger charge is -2.19. The molecule has 0 unspecified atom stereocenters. The van der Waals surface area contributed by atoms with Crippen molar-refractivity contribution in [2.75, 3.05) is 118 Å². The fourth-order valence-corrected chi connectivity index (χ4v) is 25.0. The lowest BCUT2D eigenvalue weighted by Crippen LogP contribution is -2.23. The van der Waals surface area contributed by atoms with Gasteiger partial charge in [-0.05, 0) is 166 Å². The number of ether oxygens (including phenoxy) is 3. The topological polar surface area (TPSA) is 349 Å². The normalized spacial score (nSPS) is 11.3. The van der Waals surface area contributed by atoms with Crippen molar-refractivity contribution in [1.82, 2.24) is 49.8 Å². The summed E-state index contributed by atoms with van der Waals surface area (Å²) in [6.45, 7) is 16.1. The Hall–Kier alpha value is -7.00. The van der Waals surface area contributed by atoms with Gasteiger partial charge in [0.25, 0.3) is 6.26 Å². The third-order valence-corrected chi connectivity index (χ3v) is 34.4. The summed E-state index contributed by atoms with van der Waals surface area (Å²) in [5, 5.41) is 31.9. The summed E-state index contributed by atoms with van der Waals surface area (Å²) in [6, 6.07) is 23.9. The quantitative estimate of drug-likeness (QED) is 0.00515. The van der Waals surface area contributed by atoms with E-state index in [0.29, 0.717) is 61.3 Å². The summed E-state index contributed by atoms with van der Waals surface area (Å²) >= 11 is 13.8. The molecular formula is C90H106Cl2F9N17O7S15. The molecule has 0 aliphatic rings. The Morgan fingerprint density at radius 3 is 0.957 bits per heavy atom. The van der Waals surface area contributed by atoms with Crippen LogP contribution in [0, 0.1) is 11.5 Å². The minimum atomic E-state index is -4.41. The number of carbonyl (C=O) groups excluding carboxylic acids is 4. The number of hydrogen-bond acceptors (Lipinski definition) is 39. The molecule has 0 atom stereocenters. The van der Waals surface area contributed by atoms with E-state index in [1.807, 2.05) is 120 Å². The number of alkyl halides is 9. The first-order valence-corrected chi connectivity index (χ1v) is 60.0. The molecule has 13 rings (SSSR count). The SMILES string of the molecule is CC(C)(C)OC(=O)CCCSSCCN.CC(C)(C)OC(=O)CCCSSCCNc1ncnc2ccsc12.Cl.Clc1ncnc2ccsc12.N#COc1cccc(C(F)(F)F)c1.NCCSSCCNc1ncnc2ccsc12.O=C(CCCSSCCNc1ncnc2ccsc12)Cc1cccc(C(F)(F)F)c1.O=C(CCCSSCCNc1ncnc2ccsc12)Cc1cccc(C(F)(F)F)c1. The second kappa shape index (κ2) is 66.9. The zero-order valence-electron chi connectivity index (χ0n) is 76.7. The maximum Gasteiger partial charge on any atom is 0.416 e. The standard InChI is InChI=1S/2C20H20F3N3OS3.C16H23N3O2S3.C10H14N4S3.C10H21NO2S2.C8H4F3NO.C6H3ClN2S.ClH/c2*21-20(22,23)15-4-1-3-14(11-15)12-16(27)5-2-8-29-30-10-7-24-19-18-17(6-9-28-18)25-13-26-19;1-16(2,3)21-13(20)5-4-8-23-24-10-7-17-15-14-12(6-9-22-14)18-11-19-15;11-2-5-16-17-6-3-12-10-9-8(1-4-15-9)13-7-14-10;1-10(2,3)13-9(12)5-4-7-14-15-8-6-11;9-8(10,11)6-2-1-3-7(4-6)13-5-12;7-6-5-4(1-2-10-5)8-3-9-6;/h2*1,3-4,6,9,11,13H,2,5,7-8,10,12H2,(H,24,25,26);6,9,11H,4-5,7-8,10H2,1-3H3,(H,17,18,19);1,4,7H,2-3,5-6,11H2,(H,12,13,14);4-8,11H2,1-3H3;1-4H;1-3H;1H. The Labute approximate surface area is 877 Å². The molecule has 0 amide bonds. The molecule has 3 aromatic carbocycles. The number of benzene rings is 3. The summed E-state index contributed by atoms with van der Waals surface area (Å²) in [5.41, 5.74) is 13.4. The zero-order chi connectivity index (χ0) is 101. The number of aromatic nitrogens is 10. The van der Waals surface area contributed by atoms with Crippen molar-refractivity contribution in [1.29, 1.82) is 5.26 Å². The van der Waals surface area contributed by atoms with Crippen molar-refractivity contribution in [2.45, 2.75) is 135 Å². The van der Waals surface area contributed by atoms with E-state index in [9.17, 15) is 58.7 Å². The number of nitriles is 1. The van der Waals surface area contributed by atoms with Gasteiger partial charge in [-0.1, -0.05) is 162 Å². The number of ketones is 2. The van der Waals surface area contributed by atoms with Gasteiger partial charge in [-0.25, -0.2) is 49.8 Å². The Morgan fingerprint density at radius 1 is 0.379 bits per heavy atom. The van der Waals surface area contributed by atoms with Crippen LogP contribution in [0.5, 0.6) is 5.75 Å². The van der Waals surface area contributed by atoms with Crippen LogP contribution in [0.2, 0.25) is 5.15 Å². The van der Waals surface area contributed by atoms with Crippen molar-refractivity contribution in [3.63, 3.8) is 0 Å². The number of nitrogens with one attached hydrogen (secondary N) is 4. The Kier molecular flexibility index (Phi) is 58.2. The van der Waals surface area contributed by atoms with E-state index in [2.05, 4.69) is 75.8 Å². The number of hydrogen-bond donors (Lipinski definition) is 6. The predicted octanol–water partition coefficient (Wildman–Crippen LogP) is 27.0. The molecule has 13 aromatic rings. The average Bonchev–Trinajstić information content (AvgIpc) is 1.76. The Morgan fingerprint density at radius 2 is 0.657 bits per heavy atom. The second-order valence-electron chi connectivity index (χ2n) is 30.4. The van der Waals surface area contributed by atoms with Crippen LogP contribution < -0.4 is 37.5 Å². The van der Waals surface area contributed by atoms with E-state index in [0.717, 1.165) is 214 Å². The van der Waals surface area contributed by atoms with Gasteiger partial charge >= 0.3 is 30.5 Å². The predicted molar refractivity (Wildman–Crippen MR) is 583 cm³/mol. The molecule has 0 fully saturated rings. The van der Waals surface area contributed by atoms with Gasteiger partial charge in [0.1, 0.15) is 88.6 Å². The van der Waals surface area contributed by atoms with E-state index < -0.39 is 35.2 Å². The maximum atomic E-state index is 12.7. The van der Waals surface area contributed by atoms with Gasteiger partial charge in [-0.3, -0.25) is 19.2 Å². The third kappa shape index (κ3) is 49.7. The minimum absolute atomic E-state index is 0. The number of nitrogens with two attached hydrogens (primary N) is 2. The Balaban J connectivity index is 0.000000257. The summed E-state index contributed by atoms with van der Waals surface area (Å²) in [6.07, 6.45) is 0.866. The fourth-order valence-electron chi connectivity index (χ4n) is 11.1. The molecule has 0 bridgehead atoms. The molecular weight excluding hydrogens is 2150 g/mol. The van der Waals surface area contributed by atoms with Gasteiger partial charge in [0, 0.05) is 135 Å². The monoisotopic (exact) mass is 2260 g/mol. The van der Waals surface area contributed by atoms with Crippen LogP contribution in [0.4, 0.5) is 62.8 Å². The lowest BCUT2D eigenvalue weighted by molar-refractivity contribution is -0.155. The summed E-state index contributed by atoms with van der Waals surface area (Å²) in [5.74, 6) is 12.5. The minimum Gasteiger partial charge on any atom is -0.460 e. The number of esters is 2. The molecule has 8 N–H and O–H groups in total. The number of thiophene rings is 5. The largest absolute Gasteiger partial charge is 0.460 e. The first-order valence-electron chi connectivity index (χ1n) is 42.8. The van der Waals surface area contributed by atoms with Crippen LogP contribution in [-0.2, 0) is 60.0 Å². The number of Topliss-reactive ketones (excluding diaryl/α,β-unsaturated/α-hetero) is 2. The van der Waals surface area contributed by atoms with Crippen LogP contribution in [0.3, 0.4) is 0 Å². The average molecular weight is 2260 g/mol. The number of halogens is 11. The molecule has 24 nitrogen and oxygen atoms in total. The highest BCUT2D eigenvalue weighted by Gasteiger charge is 2.33. The van der Waals surface area contributed by atoms with Gasteiger partial charge in [-0.15, -0.1) is 74.4 Å². The van der Waals surface area contributed by atoms with Crippen LogP contribution in [0.1, 0.15) is 121 Å². The molecule has 140 heavy (non-hydrogen) atoms. The first kappa shape index (κ1) is 122. The lowest BCUT2D eigenvalue weighted by atomic mass is 10.0. The van der Waals surface area contributed by atoms with Gasteiger partial charge in [0.2, 0.25) is 0 Å².